The second-order valence-corrected chi connectivity index (χ2v) is 4.41. The average molecular weight is 259 g/mol. The Morgan fingerprint density at radius 3 is 2.89 bits per heavy atom. The van der Waals surface area contributed by atoms with Crippen molar-refractivity contribution >= 4 is 22.8 Å². The standard InChI is InChI=1S/C15H15ClN2/c1-4-7-13(16)12(5-2)14-10-18-9-6-8-11(3)15(18)17-14/h4-10H,1H2,2-3H3/b12-5+,13-7+. The van der Waals surface area contributed by atoms with Crippen LogP contribution in [-0.4, -0.2) is 9.38 Å². The van der Waals surface area contributed by atoms with Gasteiger partial charge in [0.2, 0.25) is 0 Å². The molecule has 0 amide bonds. The highest BCUT2D eigenvalue weighted by Gasteiger charge is 2.10. The molecule has 0 N–H and O–H groups in total. The molecule has 0 radical (unpaired) electrons. The van der Waals surface area contributed by atoms with Crippen LogP contribution >= 0.6 is 11.6 Å². The van der Waals surface area contributed by atoms with E-state index >= 15 is 0 Å². The van der Waals surface area contributed by atoms with E-state index in [0.29, 0.717) is 5.03 Å². The van der Waals surface area contributed by atoms with Gasteiger partial charge in [0.05, 0.1) is 5.69 Å². The van der Waals surface area contributed by atoms with E-state index in [1.165, 1.54) is 0 Å². The second-order valence-electron chi connectivity index (χ2n) is 4.00. The van der Waals surface area contributed by atoms with Crippen LogP contribution in [0.15, 0.2) is 54.4 Å². The maximum atomic E-state index is 6.22. The van der Waals surface area contributed by atoms with Gasteiger partial charge in [-0.25, -0.2) is 4.98 Å². The Kier molecular flexibility index (Phi) is 3.68. The molecule has 0 saturated heterocycles. The summed E-state index contributed by atoms with van der Waals surface area (Å²) in [7, 11) is 0. The molecule has 0 saturated carbocycles. The lowest BCUT2D eigenvalue weighted by molar-refractivity contribution is 1.16. The van der Waals surface area contributed by atoms with E-state index in [1.54, 1.807) is 12.2 Å². The summed E-state index contributed by atoms with van der Waals surface area (Å²) in [6.45, 7) is 7.65. The van der Waals surface area contributed by atoms with Crippen molar-refractivity contribution in [3.8, 4) is 0 Å². The second kappa shape index (κ2) is 5.23. The average Bonchev–Trinajstić information content (AvgIpc) is 2.75. The highest BCUT2D eigenvalue weighted by molar-refractivity contribution is 6.37. The number of hydrogen-bond donors (Lipinski definition) is 0. The first kappa shape index (κ1) is 12.7. The smallest absolute Gasteiger partial charge is 0.140 e. The van der Waals surface area contributed by atoms with Crippen LogP contribution in [0.2, 0.25) is 0 Å². The summed E-state index contributed by atoms with van der Waals surface area (Å²) in [6.07, 6.45) is 9.37. The summed E-state index contributed by atoms with van der Waals surface area (Å²) in [4.78, 5) is 4.62. The Morgan fingerprint density at radius 2 is 2.28 bits per heavy atom. The Morgan fingerprint density at radius 1 is 1.50 bits per heavy atom. The molecule has 2 aromatic heterocycles. The third kappa shape index (κ3) is 2.24. The third-order valence-corrected chi connectivity index (χ3v) is 3.09. The molecule has 0 aliphatic heterocycles. The molecule has 2 aromatic rings. The van der Waals surface area contributed by atoms with E-state index in [-0.39, 0.29) is 0 Å². The first-order valence-electron chi connectivity index (χ1n) is 5.77. The van der Waals surface area contributed by atoms with Gasteiger partial charge in [-0.05, 0) is 31.6 Å². The molecule has 3 heteroatoms. The van der Waals surface area contributed by atoms with E-state index in [0.717, 1.165) is 22.5 Å². The van der Waals surface area contributed by atoms with Gasteiger partial charge in [0.1, 0.15) is 5.65 Å². The molecule has 0 atom stereocenters. The molecule has 2 nitrogen and oxygen atoms in total. The number of nitrogens with zero attached hydrogens (tertiary/aromatic N) is 2. The summed E-state index contributed by atoms with van der Waals surface area (Å²) in [5, 5.41) is 0.647. The number of pyridine rings is 1. The SMILES string of the molecule is C=C/C=C(Cl)\C(=C/C)c1cn2cccc(C)c2n1. The maximum Gasteiger partial charge on any atom is 0.140 e. The van der Waals surface area contributed by atoms with Crippen molar-refractivity contribution in [3.63, 3.8) is 0 Å². The molecule has 2 heterocycles. The number of imidazole rings is 1. The minimum absolute atomic E-state index is 0.647. The van der Waals surface area contributed by atoms with Crippen molar-refractivity contribution in [2.24, 2.45) is 0 Å². The largest absolute Gasteiger partial charge is 0.306 e. The zero-order chi connectivity index (χ0) is 13.1. The van der Waals surface area contributed by atoms with Crippen molar-refractivity contribution in [3.05, 3.63) is 65.6 Å². The Labute approximate surface area is 112 Å². The fourth-order valence-electron chi connectivity index (χ4n) is 1.88. The Hall–Kier alpha value is -1.80. The lowest BCUT2D eigenvalue weighted by Gasteiger charge is -2.00. The quantitative estimate of drug-likeness (QED) is 0.748. The van der Waals surface area contributed by atoms with Crippen LogP contribution in [0, 0.1) is 6.92 Å². The first-order chi connectivity index (χ1) is 8.67. The third-order valence-electron chi connectivity index (χ3n) is 2.76. The van der Waals surface area contributed by atoms with E-state index in [1.807, 2.05) is 48.9 Å². The normalized spacial score (nSPS) is 13.1. The highest BCUT2D eigenvalue weighted by atomic mass is 35.5. The van der Waals surface area contributed by atoms with Gasteiger partial charge in [0.25, 0.3) is 0 Å². The molecule has 0 aromatic carbocycles. The van der Waals surface area contributed by atoms with Gasteiger partial charge in [-0.1, -0.05) is 36.4 Å². The molecular formula is C15H15ClN2. The Balaban J connectivity index is 2.57. The van der Waals surface area contributed by atoms with Crippen molar-refractivity contribution in [2.45, 2.75) is 13.8 Å². The van der Waals surface area contributed by atoms with Crippen LogP contribution in [0.3, 0.4) is 0 Å². The molecule has 2 rings (SSSR count). The van der Waals surface area contributed by atoms with Crippen LogP contribution in [0.4, 0.5) is 0 Å². The van der Waals surface area contributed by atoms with Crippen LogP contribution in [0.25, 0.3) is 11.2 Å². The number of halogens is 1. The van der Waals surface area contributed by atoms with Gasteiger partial charge in [-0.15, -0.1) is 0 Å². The van der Waals surface area contributed by atoms with Crippen LogP contribution in [0.5, 0.6) is 0 Å². The predicted octanol–water partition coefficient (Wildman–Crippen LogP) is 4.35. The van der Waals surface area contributed by atoms with Gasteiger partial charge in [-0.3, -0.25) is 0 Å². The zero-order valence-electron chi connectivity index (χ0n) is 10.5. The van der Waals surface area contributed by atoms with Crippen molar-refractivity contribution in [1.82, 2.24) is 9.38 Å². The molecule has 0 spiro atoms. The van der Waals surface area contributed by atoms with E-state index in [2.05, 4.69) is 11.6 Å². The molecular weight excluding hydrogens is 244 g/mol. The van der Waals surface area contributed by atoms with Gasteiger partial charge >= 0.3 is 0 Å². The molecule has 18 heavy (non-hydrogen) atoms. The lowest BCUT2D eigenvalue weighted by atomic mass is 10.1. The summed E-state index contributed by atoms with van der Waals surface area (Å²) in [6, 6.07) is 4.05. The predicted molar refractivity (Wildman–Crippen MR) is 77.7 cm³/mol. The van der Waals surface area contributed by atoms with Gasteiger partial charge in [-0.2, -0.15) is 0 Å². The molecule has 0 unspecified atom stereocenters. The van der Waals surface area contributed by atoms with Gasteiger partial charge < -0.3 is 4.40 Å². The zero-order valence-corrected chi connectivity index (χ0v) is 11.3. The number of aryl methyl sites for hydroxylation is 1. The minimum atomic E-state index is 0.647. The molecule has 0 aliphatic rings. The van der Waals surface area contributed by atoms with Crippen LogP contribution in [0.1, 0.15) is 18.2 Å². The number of allylic oxidation sites excluding steroid dienone is 5. The van der Waals surface area contributed by atoms with Gasteiger partial charge in [0.15, 0.2) is 0 Å². The maximum absolute atomic E-state index is 6.22. The number of aromatic nitrogens is 2. The first-order valence-corrected chi connectivity index (χ1v) is 6.14. The van der Waals surface area contributed by atoms with Gasteiger partial charge in [0, 0.05) is 23.0 Å². The van der Waals surface area contributed by atoms with E-state index < -0.39 is 0 Å². The lowest BCUT2D eigenvalue weighted by Crippen LogP contribution is -1.85. The Bertz CT molecular complexity index is 648. The molecule has 0 fully saturated rings. The summed E-state index contributed by atoms with van der Waals surface area (Å²) in [5.74, 6) is 0. The number of fused-ring (bicyclic) bond motifs is 1. The van der Waals surface area contributed by atoms with E-state index in [4.69, 9.17) is 11.6 Å². The summed E-state index contributed by atoms with van der Waals surface area (Å²) in [5.41, 5.74) is 3.88. The summed E-state index contributed by atoms with van der Waals surface area (Å²) >= 11 is 6.22. The monoisotopic (exact) mass is 258 g/mol. The number of rotatable bonds is 3. The molecule has 0 bridgehead atoms. The van der Waals surface area contributed by atoms with Crippen molar-refractivity contribution < 1.29 is 0 Å². The summed E-state index contributed by atoms with van der Waals surface area (Å²) < 4.78 is 2.01. The van der Waals surface area contributed by atoms with Crippen molar-refractivity contribution in [2.75, 3.05) is 0 Å². The fourth-order valence-corrected chi connectivity index (χ4v) is 2.18. The molecule has 92 valence electrons. The van der Waals surface area contributed by atoms with Crippen LogP contribution < -0.4 is 0 Å². The topological polar surface area (TPSA) is 17.3 Å². The molecule has 0 aliphatic carbocycles. The van der Waals surface area contributed by atoms with Crippen molar-refractivity contribution in [1.29, 1.82) is 0 Å². The minimum Gasteiger partial charge on any atom is -0.306 e. The number of hydrogen-bond acceptors (Lipinski definition) is 1. The fraction of sp³-hybridized carbons (Fsp3) is 0.133. The van der Waals surface area contributed by atoms with Crippen LogP contribution in [-0.2, 0) is 0 Å². The van der Waals surface area contributed by atoms with E-state index in [9.17, 15) is 0 Å². The highest BCUT2D eigenvalue weighted by Crippen LogP contribution is 2.26.